The Kier molecular flexibility index (Phi) is 3.55. The predicted molar refractivity (Wildman–Crippen MR) is 63.9 cm³/mol. The van der Waals surface area contributed by atoms with Gasteiger partial charge in [0, 0.05) is 17.5 Å². The molecule has 0 spiro atoms. The lowest BCUT2D eigenvalue weighted by molar-refractivity contribution is 0.344. The first kappa shape index (κ1) is 11.4. The van der Waals surface area contributed by atoms with Crippen LogP contribution in [0.2, 0.25) is 0 Å². The fraction of sp³-hybridized carbons (Fsp3) is 0.154. The topological polar surface area (TPSA) is 48.1 Å². The van der Waals surface area contributed by atoms with Crippen LogP contribution < -0.4 is 10.5 Å². The van der Waals surface area contributed by atoms with Gasteiger partial charge in [0.05, 0.1) is 6.20 Å². The third-order valence-corrected chi connectivity index (χ3v) is 2.39. The SMILES string of the molecule is NC1=CCC(COc2cccnc2)=C(F)C=C1. The summed E-state index contributed by atoms with van der Waals surface area (Å²) < 4.78 is 19.0. The highest BCUT2D eigenvalue weighted by Gasteiger charge is 2.07. The predicted octanol–water partition coefficient (Wildman–Crippen LogP) is 2.49. The van der Waals surface area contributed by atoms with Crippen molar-refractivity contribution in [3.05, 3.63) is 59.9 Å². The van der Waals surface area contributed by atoms with Crippen LogP contribution in [-0.2, 0) is 0 Å². The third-order valence-electron chi connectivity index (χ3n) is 2.39. The van der Waals surface area contributed by atoms with Crippen molar-refractivity contribution < 1.29 is 9.13 Å². The van der Waals surface area contributed by atoms with Crippen LogP contribution in [0.3, 0.4) is 0 Å². The number of nitrogens with two attached hydrogens (primary N) is 1. The maximum Gasteiger partial charge on any atom is 0.138 e. The molecule has 4 heteroatoms. The molecule has 0 radical (unpaired) electrons. The Balaban J connectivity index is 2.02. The molecule has 2 N–H and O–H groups in total. The van der Waals surface area contributed by atoms with Gasteiger partial charge in [-0.2, -0.15) is 0 Å². The van der Waals surface area contributed by atoms with Crippen LogP contribution >= 0.6 is 0 Å². The number of nitrogens with zero attached hydrogens (tertiary/aromatic N) is 1. The van der Waals surface area contributed by atoms with Gasteiger partial charge < -0.3 is 10.5 Å². The molecular weight excluding hydrogens is 219 g/mol. The van der Waals surface area contributed by atoms with Crippen LogP contribution in [0.15, 0.2) is 59.9 Å². The zero-order valence-electron chi connectivity index (χ0n) is 9.27. The number of hydrogen-bond donors (Lipinski definition) is 1. The van der Waals surface area contributed by atoms with E-state index in [1.807, 2.05) is 0 Å². The lowest BCUT2D eigenvalue weighted by Gasteiger charge is -2.07. The lowest BCUT2D eigenvalue weighted by Crippen LogP contribution is -2.02. The summed E-state index contributed by atoms with van der Waals surface area (Å²) in [5.74, 6) is 0.337. The van der Waals surface area contributed by atoms with Crippen molar-refractivity contribution in [1.82, 2.24) is 4.98 Å². The second-order valence-electron chi connectivity index (χ2n) is 3.67. The van der Waals surface area contributed by atoms with Gasteiger partial charge in [0.2, 0.25) is 0 Å². The largest absolute Gasteiger partial charge is 0.488 e. The molecule has 0 fully saturated rings. The lowest BCUT2D eigenvalue weighted by atomic mass is 10.2. The average molecular weight is 232 g/mol. The molecule has 0 atom stereocenters. The summed E-state index contributed by atoms with van der Waals surface area (Å²) in [5, 5.41) is 0. The summed E-state index contributed by atoms with van der Waals surface area (Å²) >= 11 is 0. The first-order valence-corrected chi connectivity index (χ1v) is 5.30. The zero-order valence-corrected chi connectivity index (χ0v) is 9.27. The van der Waals surface area contributed by atoms with Gasteiger partial charge in [-0.3, -0.25) is 4.98 Å². The van der Waals surface area contributed by atoms with Crippen molar-refractivity contribution in [3.8, 4) is 5.75 Å². The molecule has 1 aromatic heterocycles. The van der Waals surface area contributed by atoms with E-state index in [9.17, 15) is 4.39 Å². The summed E-state index contributed by atoms with van der Waals surface area (Å²) in [6.07, 6.45) is 8.39. The second kappa shape index (κ2) is 5.30. The van der Waals surface area contributed by atoms with Crippen molar-refractivity contribution in [3.63, 3.8) is 0 Å². The van der Waals surface area contributed by atoms with Crippen molar-refractivity contribution in [2.24, 2.45) is 5.73 Å². The standard InChI is InChI=1S/C13H13FN2O/c14-13-6-5-11(15)4-3-10(13)9-17-12-2-1-7-16-8-12/h1-2,4-8H,3,9,15H2. The molecule has 1 aliphatic rings. The van der Waals surface area contributed by atoms with E-state index < -0.39 is 0 Å². The van der Waals surface area contributed by atoms with Crippen molar-refractivity contribution >= 4 is 0 Å². The molecular formula is C13H13FN2O. The van der Waals surface area contributed by atoms with E-state index >= 15 is 0 Å². The minimum atomic E-state index is -0.286. The van der Waals surface area contributed by atoms with Crippen molar-refractivity contribution in [1.29, 1.82) is 0 Å². The number of rotatable bonds is 3. The molecule has 17 heavy (non-hydrogen) atoms. The molecule has 1 heterocycles. The van der Waals surface area contributed by atoms with Crippen LogP contribution in [0.1, 0.15) is 6.42 Å². The van der Waals surface area contributed by atoms with Gasteiger partial charge >= 0.3 is 0 Å². The summed E-state index contributed by atoms with van der Waals surface area (Å²) in [5.41, 5.74) is 6.74. The minimum absolute atomic E-state index is 0.200. The number of allylic oxidation sites excluding steroid dienone is 4. The monoisotopic (exact) mass is 232 g/mol. The number of hydrogen-bond acceptors (Lipinski definition) is 3. The molecule has 0 unspecified atom stereocenters. The first-order valence-electron chi connectivity index (χ1n) is 5.30. The average Bonchev–Trinajstić information content (AvgIpc) is 2.52. The van der Waals surface area contributed by atoms with Crippen molar-refractivity contribution in [2.75, 3.05) is 6.61 Å². The van der Waals surface area contributed by atoms with E-state index in [0.717, 1.165) is 0 Å². The van der Waals surface area contributed by atoms with Crippen LogP contribution in [0.4, 0.5) is 4.39 Å². The maximum atomic E-state index is 13.6. The Hall–Kier alpha value is -2.10. The van der Waals surface area contributed by atoms with Gasteiger partial charge in [0.1, 0.15) is 18.2 Å². The summed E-state index contributed by atoms with van der Waals surface area (Å²) in [6.45, 7) is 0.200. The molecule has 3 nitrogen and oxygen atoms in total. The number of aromatic nitrogens is 1. The molecule has 1 aliphatic carbocycles. The van der Waals surface area contributed by atoms with Gasteiger partial charge in [0.25, 0.3) is 0 Å². The highest BCUT2D eigenvalue weighted by atomic mass is 19.1. The molecule has 0 saturated carbocycles. The number of ether oxygens (including phenoxy) is 1. The highest BCUT2D eigenvalue weighted by molar-refractivity contribution is 5.32. The van der Waals surface area contributed by atoms with Crippen LogP contribution in [0.5, 0.6) is 5.75 Å². The number of pyridine rings is 1. The van der Waals surface area contributed by atoms with Crippen LogP contribution in [0.25, 0.3) is 0 Å². The molecule has 0 aromatic carbocycles. The van der Waals surface area contributed by atoms with Crippen LogP contribution in [-0.4, -0.2) is 11.6 Å². The molecule has 0 aliphatic heterocycles. The van der Waals surface area contributed by atoms with Gasteiger partial charge in [-0.15, -0.1) is 0 Å². The Morgan fingerprint density at radius 2 is 2.29 bits per heavy atom. The van der Waals surface area contributed by atoms with E-state index in [1.165, 1.54) is 6.08 Å². The van der Waals surface area contributed by atoms with Gasteiger partial charge in [-0.1, -0.05) is 6.08 Å². The van der Waals surface area contributed by atoms with E-state index in [1.54, 1.807) is 36.7 Å². The van der Waals surface area contributed by atoms with Gasteiger partial charge in [-0.25, -0.2) is 4.39 Å². The molecule has 0 amide bonds. The van der Waals surface area contributed by atoms with Gasteiger partial charge in [0.15, 0.2) is 0 Å². The molecule has 1 aromatic rings. The van der Waals surface area contributed by atoms with Gasteiger partial charge in [-0.05, 0) is 30.7 Å². The maximum absolute atomic E-state index is 13.6. The summed E-state index contributed by atoms with van der Waals surface area (Å²) in [6, 6.07) is 3.55. The van der Waals surface area contributed by atoms with Crippen LogP contribution in [0, 0.1) is 0 Å². The second-order valence-corrected chi connectivity index (χ2v) is 3.67. The molecule has 88 valence electrons. The molecule has 0 saturated heterocycles. The normalized spacial score (nSPS) is 15.5. The van der Waals surface area contributed by atoms with Crippen molar-refractivity contribution in [2.45, 2.75) is 6.42 Å². The molecule has 0 bridgehead atoms. The van der Waals surface area contributed by atoms with E-state index in [0.29, 0.717) is 23.4 Å². The Bertz CT molecular complexity index is 477. The first-order chi connectivity index (χ1) is 8.25. The fourth-order valence-electron chi connectivity index (χ4n) is 1.42. The highest BCUT2D eigenvalue weighted by Crippen LogP contribution is 2.19. The third kappa shape index (κ3) is 3.17. The van der Waals surface area contributed by atoms with E-state index in [2.05, 4.69) is 4.98 Å². The Morgan fingerprint density at radius 3 is 3.06 bits per heavy atom. The quantitative estimate of drug-likeness (QED) is 0.871. The minimum Gasteiger partial charge on any atom is -0.488 e. The van der Waals surface area contributed by atoms with E-state index in [4.69, 9.17) is 10.5 Å². The van der Waals surface area contributed by atoms with E-state index in [-0.39, 0.29) is 12.4 Å². The number of halogens is 1. The summed E-state index contributed by atoms with van der Waals surface area (Å²) in [4.78, 5) is 3.92. The zero-order chi connectivity index (χ0) is 12.1. The Labute approximate surface area is 99.1 Å². The smallest absolute Gasteiger partial charge is 0.138 e. The summed E-state index contributed by atoms with van der Waals surface area (Å²) in [7, 11) is 0. The fourth-order valence-corrected chi connectivity index (χ4v) is 1.42. The molecule has 2 rings (SSSR count). The Morgan fingerprint density at radius 1 is 1.41 bits per heavy atom.